The van der Waals surface area contributed by atoms with E-state index in [0.717, 1.165) is 29.6 Å². The van der Waals surface area contributed by atoms with Crippen LogP contribution in [0.25, 0.3) is 5.69 Å². The summed E-state index contributed by atoms with van der Waals surface area (Å²) in [4.78, 5) is 12.9. The SMILES string of the molecule is COc1ccc(OC(C)c2nnc(SC(C)C(=O)Nc3cccc(C(F)(F)F)c3)n2-c2ccccc2)cc1. The highest BCUT2D eigenvalue weighted by Crippen LogP contribution is 2.32. The van der Waals surface area contributed by atoms with Crippen LogP contribution in [-0.4, -0.2) is 33.0 Å². The van der Waals surface area contributed by atoms with Crippen molar-refractivity contribution >= 4 is 23.4 Å². The van der Waals surface area contributed by atoms with E-state index in [4.69, 9.17) is 9.47 Å². The van der Waals surface area contributed by atoms with Gasteiger partial charge >= 0.3 is 6.18 Å². The normalized spacial score (nSPS) is 13.0. The van der Waals surface area contributed by atoms with Crippen LogP contribution in [0.4, 0.5) is 18.9 Å². The molecule has 7 nitrogen and oxygen atoms in total. The van der Waals surface area contributed by atoms with Crippen LogP contribution in [0.15, 0.2) is 84.0 Å². The van der Waals surface area contributed by atoms with Crippen LogP contribution >= 0.6 is 11.8 Å². The molecule has 1 heterocycles. The van der Waals surface area contributed by atoms with Crippen molar-refractivity contribution in [2.75, 3.05) is 12.4 Å². The van der Waals surface area contributed by atoms with Gasteiger partial charge in [0.2, 0.25) is 5.91 Å². The topological polar surface area (TPSA) is 78.3 Å². The minimum Gasteiger partial charge on any atom is -0.497 e. The van der Waals surface area contributed by atoms with Crippen molar-refractivity contribution in [1.82, 2.24) is 14.8 Å². The van der Waals surface area contributed by atoms with Crippen LogP contribution in [0.5, 0.6) is 11.5 Å². The van der Waals surface area contributed by atoms with E-state index < -0.39 is 29.0 Å². The van der Waals surface area contributed by atoms with Gasteiger partial charge in [-0.15, -0.1) is 10.2 Å². The number of halogens is 3. The molecular formula is C27H25F3N4O3S. The standard InChI is InChI=1S/C27H25F3N4O3S/c1-17(37-23-14-12-22(36-3)13-15-23)24-32-33-26(34(24)21-10-5-4-6-11-21)38-18(2)25(35)31-20-9-7-8-19(16-20)27(28,29)30/h4-18H,1-3H3,(H,31,35). The number of hydrogen-bond donors (Lipinski definition) is 1. The number of hydrogen-bond acceptors (Lipinski definition) is 6. The third kappa shape index (κ3) is 6.46. The van der Waals surface area contributed by atoms with Crippen molar-refractivity contribution < 1.29 is 27.4 Å². The lowest BCUT2D eigenvalue weighted by Gasteiger charge is -2.18. The van der Waals surface area contributed by atoms with Crippen LogP contribution in [-0.2, 0) is 11.0 Å². The first-order valence-electron chi connectivity index (χ1n) is 11.6. The Kier molecular flexibility index (Phi) is 8.26. The average molecular weight is 543 g/mol. The Morgan fingerprint density at radius 1 is 0.947 bits per heavy atom. The van der Waals surface area contributed by atoms with Gasteiger partial charge in [0.25, 0.3) is 0 Å². The van der Waals surface area contributed by atoms with E-state index in [1.165, 1.54) is 12.1 Å². The molecule has 11 heteroatoms. The quantitative estimate of drug-likeness (QED) is 0.242. The maximum Gasteiger partial charge on any atom is 0.416 e. The van der Waals surface area contributed by atoms with Crippen LogP contribution in [0, 0.1) is 0 Å². The van der Waals surface area contributed by atoms with E-state index in [1.54, 1.807) is 42.9 Å². The fourth-order valence-corrected chi connectivity index (χ4v) is 4.46. The zero-order chi connectivity index (χ0) is 27.3. The molecule has 4 aromatic rings. The highest BCUT2D eigenvalue weighted by atomic mass is 32.2. The maximum absolute atomic E-state index is 13.0. The van der Waals surface area contributed by atoms with Crippen molar-refractivity contribution in [1.29, 1.82) is 0 Å². The molecule has 0 spiro atoms. The fourth-order valence-electron chi connectivity index (χ4n) is 3.58. The minimum absolute atomic E-state index is 0.0593. The summed E-state index contributed by atoms with van der Waals surface area (Å²) in [5, 5.41) is 10.9. The molecule has 3 aromatic carbocycles. The summed E-state index contributed by atoms with van der Waals surface area (Å²) >= 11 is 1.13. The largest absolute Gasteiger partial charge is 0.497 e. The fraction of sp³-hybridized carbons (Fsp3) is 0.222. The molecule has 0 bridgehead atoms. The smallest absolute Gasteiger partial charge is 0.416 e. The zero-order valence-electron chi connectivity index (χ0n) is 20.8. The van der Waals surface area contributed by atoms with Gasteiger partial charge in [0, 0.05) is 11.4 Å². The first kappa shape index (κ1) is 27.1. The Bertz CT molecular complexity index is 1380. The molecule has 1 aromatic heterocycles. The van der Waals surface area contributed by atoms with E-state index in [2.05, 4.69) is 15.5 Å². The van der Waals surface area contributed by atoms with Crippen molar-refractivity contribution in [3.63, 3.8) is 0 Å². The van der Waals surface area contributed by atoms with Gasteiger partial charge in [0.15, 0.2) is 17.1 Å². The second-order valence-corrected chi connectivity index (χ2v) is 9.58. The lowest BCUT2D eigenvalue weighted by atomic mass is 10.2. The number of nitrogens with one attached hydrogen (secondary N) is 1. The molecule has 0 fully saturated rings. The van der Waals surface area contributed by atoms with Crippen molar-refractivity contribution in [2.45, 2.75) is 36.5 Å². The molecule has 1 amide bonds. The number of methoxy groups -OCH3 is 1. The summed E-state index contributed by atoms with van der Waals surface area (Å²) in [6.07, 6.45) is -5.01. The number of alkyl halides is 3. The van der Waals surface area contributed by atoms with Gasteiger partial charge in [-0.3, -0.25) is 9.36 Å². The second-order valence-electron chi connectivity index (χ2n) is 8.28. The number of amides is 1. The molecule has 0 aliphatic heterocycles. The highest BCUT2D eigenvalue weighted by molar-refractivity contribution is 8.00. The lowest BCUT2D eigenvalue weighted by molar-refractivity contribution is -0.137. The molecule has 38 heavy (non-hydrogen) atoms. The summed E-state index contributed by atoms with van der Waals surface area (Å²) < 4.78 is 52.2. The zero-order valence-corrected chi connectivity index (χ0v) is 21.6. The number of anilines is 1. The monoisotopic (exact) mass is 542 g/mol. The van der Waals surface area contributed by atoms with Gasteiger partial charge in [-0.1, -0.05) is 36.0 Å². The molecule has 198 valence electrons. The first-order chi connectivity index (χ1) is 18.2. The molecule has 0 aliphatic carbocycles. The van der Waals surface area contributed by atoms with Crippen LogP contribution in [0.1, 0.15) is 31.3 Å². The summed E-state index contributed by atoms with van der Waals surface area (Å²) in [5.41, 5.74) is -0.00964. The predicted octanol–water partition coefficient (Wildman–Crippen LogP) is 6.55. The molecule has 4 rings (SSSR count). The van der Waals surface area contributed by atoms with Gasteiger partial charge in [-0.25, -0.2) is 0 Å². The molecule has 0 radical (unpaired) electrons. The van der Waals surface area contributed by atoms with Gasteiger partial charge in [0.1, 0.15) is 11.5 Å². The maximum atomic E-state index is 13.0. The van der Waals surface area contributed by atoms with Crippen molar-refractivity contribution in [2.24, 2.45) is 0 Å². The Hall–Kier alpha value is -3.99. The average Bonchev–Trinajstić information content (AvgIpc) is 3.33. The molecule has 0 saturated heterocycles. The number of ether oxygens (including phenoxy) is 2. The minimum atomic E-state index is -4.51. The molecule has 2 atom stereocenters. The summed E-state index contributed by atoms with van der Waals surface area (Å²) in [5.74, 6) is 1.36. The molecule has 2 unspecified atom stereocenters. The Morgan fingerprint density at radius 2 is 1.63 bits per heavy atom. The number of thioether (sulfide) groups is 1. The molecule has 0 aliphatic rings. The number of para-hydroxylation sites is 1. The summed E-state index contributed by atoms with van der Waals surface area (Å²) in [7, 11) is 1.58. The van der Waals surface area contributed by atoms with E-state index >= 15 is 0 Å². The van der Waals surface area contributed by atoms with Crippen LogP contribution in [0.3, 0.4) is 0 Å². The van der Waals surface area contributed by atoms with Gasteiger partial charge < -0.3 is 14.8 Å². The lowest BCUT2D eigenvalue weighted by Crippen LogP contribution is -2.23. The number of carbonyl (C=O) groups is 1. The number of nitrogens with zero attached hydrogens (tertiary/aromatic N) is 3. The molecule has 1 N–H and O–H groups in total. The van der Waals surface area contributed by atoms with E-state index in [0.29, 0.717) is 22.5 Å². The second kappa shape index (κ2) is 11.6. The van der Waals surface area contributed by atoms with E-state index in [-0.39, 0.29) is 5.69 Å². The third-order valence-corrected chi connectivity index (χ3v) is 6.56. The first-order valence-corrected chi connectivity index (χ1v) is 12.5. The number of carbonyl (C=O) groups excluding carboxylic acids is 1. The summed E-state index contributed by atoms with van der Waals surface area (Å²) in [6.45, 7) is 3.49. The van der Waals surface area contributed by atoms with Crippen LogP contribution < -0.4 is 14.8 Å². The van der Waals surface area contributed by atoms with Gasteiger partial charge in [-0.2, -0.15) is 13.2 Å². The molecule has 0 saturated carbocycles. The molecular weight excluding hydrogens is 517 g/mol. The number of aromatic nitrogens is 3. The third-order valence-electron chi connectivity index (χ3n) is 5.52. The number of rotatable bonds is 9. The van der Waals surface area contributed by atoms with Gasteiger partial charge in [-0.05, 0) is 68.4 Å². The Labute approximate surface area is 222 Å². The van der Waals surface area contributed by atoms with Crippen molar-refractivity contribution in [3.8, 4) is 17.2 Å². The Balaban J connectivity index is 1.55. The summed E-state index contributed by atoms with van der Waals surface area (Å²) in [6, 6.07) is 21.0. The van der Waals surface area contributed by atoms with E-state index in [9.17, 15) is 18.0 Å². The van der Waals surface area contributed by atoms with E-state index in [1.807, 2.05) is 37.3 Å². The predicted molar refractivity (Wildman–Crippen MR) is 139 cm³/mol. The number of benzene rings is 3. The van der Waals surface area contributed by atoms with Gasteiger partial charge in [0.05, 0.1) is 17.9 Å². The highest BCUT2D eigenvalue weighted by Gasteiger charge is 2.31. The van der Waals surface area contributed by atoms with Crippen molar-refractivity contribution in [3.05, 3.63) is 90.3 Å². The Morgan fingerprint density at radius 3 is 2.29 bits per heavy atom. The van der Waals surface area contributed by atoms with Crippen LogP contribution in [0.2, 0.25) is 0 Å².